The zero-order valence-electron chi connectivity index (χ0n) is 13.4. The summed E-state index contributed by atoms with van der Waals surface area (Å²) in [7, 11) is 0. The SMILES string of the molecule is O=c1[nH]c(/C(Cl)=C/c2ccccc2)nc2scc(-c3ccccc3Cl)c12. The van der Waals surface area contributed by atoms with E-state index in [9.17, 15) is 4.79 Å². The van der Waals surface area contributed by atoms with Crippen molar-refractivity contribution >= 4 is 55.9 Å². The van der Waals surface area contributed by atoms with Crippen LogP contribution < -0.4 is 5.56 Å². The van der Waals surface area contributed by atoms with Crippen molar-refractivity contribution in [1.82, 2.24) is 9.97 Å². The molecule has 2 aromatic carbocycles. The van der Waals surface area contributed by atoms with Gasteiger partial charge in [-0.2, -0.15) is 0 Å². The van der Waals surface area contributed by atoms with Crippen LogP contribution in [-0.2, 0) is 0 Å². The second-order valence-corrected chi connectivity index (χ2v) is 7.30. The molecule has 4 aromatic rings. The number of hydrogen-bond acceptors (Lipinski definition) is 3. The van der Waals surface area contributed by atoms with Gasteiger partial charge in [0, 0.05) is 21.5 Å². The number of fused-ring (bicyclic) bond motifs is 1. The summed E-state index contributed by atoms with van der Waals surface area (Å²) in [6.07, 6.45) is 1.77. The minimum atomic E-state index is -0.235. The van der Waals surface area contributed by atoms with Crippen LogP contribution in [0.1, 0.15) is 11.4 Å². The van der Waals surface area contributed by atoms with Gasteiger partial charge >= 0.3 is 0 Å². The Labute approximate surface area is 163 Å². The molecule has 6 heteroatoms. The van der Waals surface area contributed by atoms with E-state index in [0.717, 1.165) is 16.7 Å². The summed E-state index contributed by atoms with van der Waals surface area (Å²) in [5.41, 5.74) is 2.29. The Kier molecular flexibility index (Phi) is 4.64. The maximum absolute atomic E-state index is 12.7. The van der Waals surface area contributed by atoms with Crippen LogP contribution in [0, 0.1) is 0 Å². The summed E-state index contributed by atoms with van der Waals surface area (Å²) in [4.78, 5) is 20.6. The molecule has 0 saturated carbocycles. The number of aromatic amines is 1. The van der Waals surface area contributed by atoms with Gasteiger partial charge < -0.3 is 4.98 Å². The second kappa shape index (κ2) is 7.08. The van der Waals surface area contributed by atoms with Crippen molar-refractivity contribution < 1.29 is 0 Å². The van der Waals surface area contributed by atoms with E-state index in [1.165, 1.54) is 11.3 Å². The molecule has 0 aliphatic heterocycles. The first-order valence-corrected chi connectivity index (χ1v) is 9.46. The first-order chi connectivity index (χ1) is 12.6. The van der Waals surface area contributed by atoms with Gasteiger partial charge in [-0.3, -0.25) is 4.79 Å². The molecular weight excluding hydrogens is 387 g/mol. The summed E-state index contributed by atoms with van der Waals surface area (Å²) < 4.78 is 0. The summed E-state index contributed by atoms with van der Waals surface area (Å²) in [6, 6.07) is 17.1. The normalized spacial score (nSPS) is 11.8. The summed E-state index contributed by atoms with van der Waals surface area (Å²) in [5, 5.41) is 3.39. The van der Waals surface area contributed by atoms with Gasteiger partial charge in [0.15, 0.2) is 5.82 Å². The molecule has 4 rings (SSSR count). The number of halogens is 2. The lowest BCUT2D eigenvalue weighted by atomic mass is 10.1. The van der Waals surface area contributed by atoms with Crippen molar-refractivity contribution in [2.45, 2.75) is 0 Å². The maximum atomic E-state index is 12.7. The number of rotatable bonds is 3. The second-order valence-electron chi connectivity index (χ2n) is 5.63. The smallest absolute Gasteiger partial charge is 0.260 e. The third-order valence-corrected chi connectivity index (χ3v) is 5.42. The molecule has 0 unspecified atom stereocenters. The Morgan fingerprint density at radius 1 is 1.04 bits per heavy atom. The van der Waals surface area contributed by atoms with Crippen molar-refractivity contribution in [3.8, 4) is 11.1 Å². The molecule has 128 valence electrons. The number of thiophene rings is 1. The van der Waals surface area contributed by atoms with Gasteiger partial charge in [0.05, 0.1) is 10.4 Å². The van der Waals surface area contributed by atoms with Gasteiger partial charge in [-0.1, -0.05) is 71.7 Å². The van der Waals surface area contributed by atoms with E-state index in [4.69, 9.17) is 23.2 Å². The van der Waals surface area contributed by atoms with Crippen molar-refractivity contribution in [1.29, 1.82) is 0 Å². The van der Waals surface area contributed by atoms with Gasteiger partial charge in [-0.05, 0) is 17.7 Å². The van der Waals surface area contributed by atoms with E-state index in [0.29, 0.717) is 26.1 Å². The minimum Gasteiger partial charge on any atom is -0.305 e. The largest absolute Gasteiger partial charge is 0.305 e. The fraction of sp³-hybridized carbons (Fsp3) is 0. The van der Waals surface area contributed by atoms with Crippen molar-refractivity contribution in [2.24, 2.45) is 0 Å². The molecule has 0 amide bonds. The lowest BCUT2D eigenvalue weighted by Crippen LogP contribution is -2.10. The lowest BCUT2D eigenvalue weighted by Gasteiger charge is -2.03. The third kappa shape index (κ3) is 3.19. The highest BCUT2D eigenvalue weighted by Gasteiger charge is 2.15. The Morgan fingerprint density at radius 2 is 1.77 bits per heavy atom. The highest BCUT2D eigenvalue weighted by atomic mass is 35.5. The van der Waals surface area contributed by atoms with Crippen LogP contribution in [0.25, 0.3) is 32.5 Å². The van der Waals surface area contributed by atoms with E-state index < -0.39 is 0 Å². The van der Waals surface area contributed by atoms with Crippen LogP contribution in [0.5, 0.6) is 0 Å². The zero-order chi connectivity index (χ0) is 18.1. The zero-order valence-corrected chi connectivity index (χ0v) is 15.7. The van der Waals surface area contributed by atoms with E-state index in [-0.39, 0.29) is 5.56 Å². The first kappa shape index (κ1) is 17.0. The van der Waals surface area contributed by atoms with Gasteiger partial charge in [0.2, 0.25) is 0 Å². The molecule has 0 aliphatic rings. The molecule has 0 spiro atoms. The summed E-state index contributed by atoms with van der Waals surface area (Å²) >= 11 is 14.1. The number of H-pyrrole nitrogens is 1. The van der Waals surface area contributed by atoms with Gasteiger partial charge in [0.1, 0.15) is 4.83 Å². The molecule has 0 bridgehead atoms. The van der Waals surface area contributed by atoms with Gasteiger partial charge in [-0.25, -0.2) is 4.98 Å². The number of nitrogens with one attached hydrogen (secondary N) is 1. The van der Waals surface area contributed by atoms with Crippen molar-refractivity contribution in [3.05, 3.63) is 86.7 Å². The fourth-order valence-corrected chi connectivity index (χ4v) is 4.10. The lowest BCUT2D eigenvalue weighted by molar-refractivity contribution is 1.14. The molecule has 0 fully saturated rings. The van der Waals surface area contributed by atoms with Crippen LogP contribution in [0.15, 0.2) is 64.8 Å². The Hall–Kier alpha value is -2.40. The predicted octanol–water partition coefficient (Wildman–Crippen LogP) is 6.04. The van der Waals surface area contributed by atoms with Gasteiger partial charge in [0.25, 0.3) is 5.56 Å². The Bertz CT molecular complexity index is 1180. The van der Waals surface area contributed by atoms with Crippen LogP contribution in [0.3, 0.4) is 0 Å². The third-order valence-electron chi connectivity index (χ3n) is 3.93. The van der Waals surface area contributed by atoms with Crippen LogP contribution in [0.2, 0.25) is 5.02 Å². The number of hydrogen-bond donors (Lipinski definition) is 1. The Morgan fingerprint density at radius 3 is 2.54 bits per heavy atom. The maximum Gasteiger partial charge on any atom is 0.260 e. The minimum absolute atomic E-state index is 0.235. The van der Waals surface area contributed by atoms with Crippen LogP contribution in [0.4, 0.5) is 0 Å². The van der Waals surface area contributed by atoms with Crippen molar-refractivity contribution in [3.63, 3.8) is 0 Å². The number of aromatic nitrogens is 2. The van der Waals surface area contributed by atoms with Crippen molar-refractivity contribution in [2.75, 3.05) is 0 Å². The Balaban J connectivity index is 1.84. The molecule has 2 heterocycles. The molecule has 0 radical (unpaired) electrons. The average molecular weight is 399 g/mol. The van der Waals surface area contributed by atoms with Crippen LogP contribution >= 0.6 is 34.5 Å². The van der Waals surface area contributed by atoms with E-state index >= 15 is 0 Å². The highest BCUT2D eigenvalue weighted by Crippen LogP contribution is 2.35. The highest BCUT2D eigenvalue weighted by molar-refractivity contribution is 7.17. The summed E-state index contributed by atoms with van der Waals surface area (Å²) in [6.45, 7) is 0. The average Bonchev–Trinajstić information content (AvgIpc) is 3.07. The summed E-state index contributed by atoms with van der Waals surface area (Å²) in [5.74, 6) is 0.348. The number of benzene rings is 2. The molecule has 0 aliphatic carbocycles. The van der Waals surface area contributed by atoms with E-state index in [2.05, 4.69) is 9.97 Å². The molecule has 3 nitrogen and oxygen atoms in total. The predicted molar refractivity (Wildman–Crippen MR) is 111 cm³/mol. The van der Waals surface area contributed by atoms with Gasteiger partial charge in [-0.15, -0.1) is 11.3 Å². The molecule has 0 atom stereocenters. The topological polar surface area (TPSA) is 45.8 Å². The first-order valence-electron chi connectivity index (χ1n) is 7.82. The van der Waals surface area contributed by atoms with E-state index in [1.54, 1.807) is 12.1 Å². The standard InChI is InChI=1S/C20H12Cl2N2OS/c21-15-9-5-4-8-13(15)14-11-26-20-17(14)19(25)23-18(24-20)16(22)10-12-6-2-1-3-7-12/h1-11H,(H,23,24,25)/b16-10-. The molecular formula is C20H12Cl2N2OS. The van der Waals surface area contributed by atoms with E-state index in [1.807, 2.05) is 53.9 Å². The quantitative estimate of drug-likeness (QED) is 0.456. The fourth-order valence-electron chi connectivity index (χ4n) is 2.70. The molecule has 0 saturated heterocycles. The van der Waals surface area contributed by atoms with Crippen LogP contribution in [-0.4, -0.2) is 9.97 Å². The molecule has 1 N–H and O–H groups in total. The monoisotopic (exact) mass is 398 g/mol. The molecule has 26 heavy (non-hydrogen) atoms. The number of nitrogens with zero attached hydrogens (tertiary/aromatic N) is 1. The molecule has 2 aromatic heterocycles.